The van der Waals surface area contributed by atoms with Gasteiger partial charge in [0, 0.05) is 36.0 Å². The van der Waals surface area contributed by atoms with Gasteiger partial charge in [-0.05, 0) is 77.1 Å². The van der Waals surface area contributed by atoms with Crippen molar-refractivity contribution in [3.63, 3.8) is 0 Å². The van der Waals surface area contributed by atoms with Gasteiger partial charge in [0.25, 0.3) is 5.56 Å². The Morgan fingerprint density at radius 3 is 2.52 bits per heavy atom. The van der Waals surface area contributed by atoms with Gasteiger partial charge in [-0.2, -0.15) is 0 Å². The van der Waals surface area contributed by atoms with E-state index in [0.717, 1.165) is 45.4 Å². The first-order valence-electron chi connectivity index (χ1n) is 14.7. The predicted molar refractivity (Wildman–Crippen MR) is 172 cm³/mol. The summed E-state index contributed by atoms with van der Waals surface area (Å²) in [7, 11) is -1.91. The van der Waals surface area contributed by atoms with Crippen molar-refractivity contribution in [2.75, 3.05) is 0 Å². The van der Waals surface area contributed by atoms with E-state index in [9.17, 15) is 18.4 Å². The number of nitrogens with zero attached hydrogens (tertiary/aromatic N) is 2. The average molecular weight is 614 g/mol. The molecule has 5 rings (SSSR count). The molecule has 0 spiro atoms. The monoisotopic (exact) mass is 613 g/mol. The minimum Gasteiger partial charge on any atom is -0.413 e. The molecule has 228 valence electrons. The Kier molecular flexibility index (Phi) is 8.81. The highest BCUT2D eigenvalue weighted by molar-refractivity contribution is 6.74. The van der Waals surface area contributed by atoms with Crippen LogP contribution in [0, 0.1) is 11.6 Å². The lowest BCUT2D eigenvalue weighted by atomic mass is 9.99. The Bertz CT molecular complexity index is 1890. The van der Waals surface area contributed by atoms with Gasteiger partial charge < -0.3 is 14.0 Å². The van der Waals surface area contributed by atoms with Gasteiger partial charge in [-0.1, -0.05) is 51.1 Å². The molecule has 0 unspecified atom stereocenters. The lowest BCUT2D eigenvalue weighted by molar-refractivity contribution is 0.0980. The summed E-state index contributed by atoms with van der Waals surface area (Å²) >= 11 is 0. The number of fused-ring (bicyclic) bond motifs is 1. The van der Waals surface area contributed by atoms with E-state index in [0.29, 0.717) is 18.6 Å². The molecule has 0 aliphatic heterocycles. The molecule has 0 bridgehead atoms. The molecule has 9 heteroatoms. The van der Waals surface area contributed by atoms with Crippen molar-refractivity contribution in [3.8, 4) is 11.1 Å². The van der Waals surface area contributed by atoms with Crippen molar-refractivity contribution in [2.45, 2.75) is 64.9 Å². The number of hydrogen-bond acceptors (Lipinski definition) is 4. The van der Waals surface area contributed by atoms with Crippen molar-refractivity contribution in [3.05, 3.63) is 123 Å². The fraction of sp³-hybridized carbons (Fsp3) is 0.286. The van der Waals surface area contributed by atoms with E-state index in [-0.39, 0.29) is 29.4 Å². The molecule has 0 aliphatic carbocycles. The summed E-state index contributed by atoms with van der Waals surface area (Å²) in [6.07, 6.45) is 5.94. The van der Waals surface area contributed by atoms with Crippen LogP contribution in [0.4, 0.5) is 8.78 Å². The molecule has 2 aromatic carbocycles. The number of hydrogen-bond donors (Lipinski definition) is 1. The number of aryl methyl sites for hydroxylation is 1. The number of ketones is 1. The number of nitrogens with one attached hydrogen (secondary N) is 1. The standard InChI is InChI=1S/C35H37F2N3O3Si/c1-35(2,3)44(4,5)43-22-25-17-28-29(20-39-33(28)38-19-25)26-9-6-8-23(16-26)12-14-32(41)27-10-7-15-40(34(27)42)21-24-11-13-30(36)31(37)18-24/h6-11,13,15-20H,12,14,21-22H2,1-5H3,(H,38,39). The summed E-state index contributed by atoms with van der Waals surface area (Å²) in [6.45, 7) is 11.7. The molecule has 0 saturated carbocycles. The zero-order valence-corrected chi connectivity index (χ0v) is 26.7. The Balaban J connectivity index is 1.30. The third-order valence-electron chi connectivity index (χ3n) is 8.53. The molecule has 0 aliphatic rings. The van der Waals surface area contributed by atoms with Crippen LogP contribution in [0.15, 0.2) is 84.0 Å². The lowest BCUT2D eigenvalue weighted by Gasteiger charge is -2.36. The smallest absolute Gasteiger partial charge is 0.261 e. The van der Waals surface area contributed by atoms with Crippen LogP contribution in [0.5, 0.6) is 0 Å². The average Bonchev–Trinajstić information content (AvgIpc) is 3.41. The topological polar surface area (TPSA) is 77.0 Å². The number of aromatic amines is 1. The Labute approximate surface area is 256 Å². The first-order chi connectivity index (χ1) is 20.8. The van der Waals surface area contributed by atoms with E-state index in [1.807, 2.05) is 30.6 Å². The number of H-pyrrole nitrogens is 1. The lowest BCUT2D eigenvalue weighted by Crippen LogP contribution is -2.40. The van der Waals surface area contributed by atoms with Gasteiger partial charge in [0.05, 0.1) is 18.7 Å². The summed E-state index contributed by atoms with van der Waals surface area (Å²) in [5, 5.41) is 1.12. The maximum atomic E-state index is 13.6. The number of halogens is 2. The zero-order chi connectivity index (χ0) is 31.6. The highest BCUT2D eigenvalue weighted by Gasteiger charge is 2.37. The van der Waals surface area contributed by atoms with E-state index in [4.69, 9.17) is 4.43 Å². The molecular weight excluding hydrogens is 576 g/mol. The summed E-state index contributed by atoms with van der Waals surface area (Å²) in [5.74, 6) is -2.21. The SMILES string of the molecule is CC(C)(C)[Si](C)(C)OCc1cnc2[nH]cc(-c3cccc(CCC(=O)c4cccn(Cc5ccc(F)c(F)c5)c4=O)c3)c2c1. The molecule has 44 heavy (non-hydrogen) atoms. The van der Waals surface area contributed by atoms with Crippen LogP contribution in [0.3, 0.4) is 0 Å². The normalized spacial score (nSPS) is 12.2. The molecule has 5 aromatic rings. The van der Waals surface area contributed by atoms with Crippen molar-refractivity contribution < 1.29 is 18.0 Å². The number of pyridine rings is 2. The molecule has 0 saturated heterocycles. The van der Waals surface area contributed by atoms with Crippen LogP contribution in [-0.2, 0) is 24.0 Å². The summed E-state index contributed by atoms with van der Waals surface area (Å²) in [5.41, 5.74) is 4.82. The van der Waals surface area contributed by atoms with Gasteiger partial charge in [-0.15, -0.1) is 0 Å². The van der Waals surface area contributed by atoms with Gasteiger partial charge in [0.2, 0.25) is 0 Å². The third-order valence-corrected chi connectivity index (χ3v) is 13.0. The Hall–Kier alpha value is -4.21. The largest absolute Gasteiger partial charge is 0.413 e. The second-order valence-corrected chi connectivity index (χ2v) is 17.5. The fourth-order valence-corrected chi connectivity index (χ4v) is 5.80. The van der Waals surface area contributed by atoms with E-state index >= 15 is 0 Å². The summed E-state index contributed by atoms with van der Waals surface area (Å²) in [6, 6.07) is 16.8. The molecule has 3 aromatic heterocycles. The van der Waals surface area contributed by atoms with Crippen molar-refractivity contribution in [2.24, 2.45) is 0 Å². The van der Waals surface area contributed by atoms with Crippen LogP contribution >= 0.6 is 0 Å². The quantitative estimate of drug-likeness (QED) is 0.128. The van der Waals surface area contributed by atoms with E-state index < -0.39 is 25.5 Å². The highest BCUT2D eigenvalue weighted by atomic mass is 28.4. The van der Waals surface area contributed by atoms with Crippen molar-refractivity contribution >= 4 is 25.1 Å². The second-order valence-electron chi connectivity index (χ2n) is 12.7. The molecule has 1 N–H and O–H groups in total. The van der Waals surface area contributed by atoms with Gasteiger partial charge >= 0.3 is 0 Å². The molecule has 0 radical (unpaired) electrons. The maximum absolute atomic E-state index is 13.6. The minimum absolute atomic E-state index is 0.0306. The van der Waals surface area contributed by atoms with E-state index in [1.54, 1.807) is 6.07 Å². The first kappa shape index (κ1) is 31.2. The molecule has 6 nitrogen and oxygen atoms in total. The van der Waals surface area contributed by atoms with E-state index in [2.05, 4.69) is 56.0 Å². The molecule has 0 atom stereocenters. The first-order valence-corrected chi connectivity index (χ1v) is 17.6. The third kappa shape index (κ3) is 6.79. The van der Waals surface area contributed by atoms with Gasteiger partial charge in [-0.25, -0.2) is 13.8 Å². The van der Waals surface area contributed by atoms with Crippen LogP contribution in [0.2, 0.25) is 18.1 Å². The van der Waals surface area contributed by atoms with Gasteiger partial charge in [-0.3, -0.25) is 9.59 Å². The number of Topliss-reactive ketones (excluding diaryl/α,β-unsaturated/α-hetero) is 1. The number of carbonyl (C=O) groups is 1. The summed E-state index contributed by atoms with van der Waals surface area (Å²) in [4.78, 5) is 34.1. The van der Waals surface area contributed by atoms with E-state index in [1.165, 1.54) is 22.9 Å². The van der Waals surface area contributed by atoms with Crippen LogP contribution < -0.4 is 5.56 Å². The number of carbonyl (C=O) groups excluding carboxylic acids is 1. The molecule has 3 heterocycles. The zero-order valence-electron chi connectivity index (χ0n) is 25.7. The number of aromatic nitrogens is 3. The van der Waals surface area contributed by atoms with Crippen LogP contribution in [0.25, 0.3) is 22.2 Å². The number of benzene rings is 2. The molecule has 0 fully saturated rings. The van der Waals surface area contributed by atoms with Gasteiger partial charge in [0.15, 0.2) is 25.7 Å². The van der Waals surface area contributed by atoms with Crippen LogP contribution in [0.1, 0.15) is 54.2 Å². The fourth-order valence-electron chi connectivity index (χ4n) is 4.84. The molecule has 0 amide bonds. The van der Waals surface area contributed by atoms with Crippen LogP contribution in [-0.4, -0.2) is 28.6 Å². The predicted octanol–water partition coefficient (Wildman–Crippen LogP) is 8.06. The summed E-state index contributed by atoms with van der Waals surface area (Å²) < 4.78 is 34.7. The highest BCUT2D eigenvalue weighted by Crippen LogP contribution is 2.37. The maximum Gasteiger partial charge on any atom is 0.261 e. The molecular formula is C35H37F2N3O3Si. The van der Waals surface area contributed by atoms with Crippen molar-refractivity contribution in [1.82, 2.24) is 14.5 Å². The Morgan fingerprint density at radius 1 is 0.977 bits per heavy atom. The number of rotatable bonds is 10. The van der Waals surface area contributed by atoms with Crippen molar-refractivity contribution in [1.29, 1.82) is 0 Å². The Morgan fingerprint density at radius 2 is 1.77 bits per heavy atom. The minimum atomic E-state index is -1.91. The second kappa shape index (κ2) is 12.4. The van der Waals surface area contributed by atoms with Gasteiger partial charge in [0.1, 0.15) is 5.65 Å².